The number of ketones is 1. The van der Waals surface area contributed by atoms with Crippen LogP contribution in [0, 0.1) is 0 Å². The van der Waals surface area contributed by atoms with Crippen molar-refractivity contribution in [2.45, 2.75) is 38.6 Å². The highest BCUT2D eigenvalue weighted by Crippen LogP contribution is 2.24. The second-order valence-corrected chi connectivity index (χ2v) is 5.99. The molecule has 1 unspecified atom stereocenters. The van der Waals surface area contributed by atoms with Crippen molar-refractivity contribution in [3.63, 3.8) is 0 Å². The van der Waals surface area contributed by atoms with Gasteiger partial charge in [0, 0.05) is 38.1 Å². The third-order valence-corrected chi connectivity index (χ3v) is 4.60. The summed E-state index contributed by atoms with van der Waals surface area (Å²) in [5.74, 6) is 1.60. The zero-order valence-electron chi connectivity index (χ0n) is 11.3. The average molecular weight is 284 g/mol. The lowest BCUT2D eigenvalue weighted by Crippen LogP contribution is -2.51. The molecule has 2 saturated heterocycles. The van der Waals surface area contributed by atoms with Crippen LogP contribution in [-0.4, -0.2) is 58.2 Å². The molecule has 2 aliphatic rings. The van der Waals surface area contributed by atoms with E-state index in [9.17, 15) is 14.4 Å². The van der Waals surface area contributed by atoms with E-state index >= 15 is 0 Å². The van der Waals surface area contributed by atoms with Gasteiger partial charge in [0.2, 0.25) is 11.8 Å². The van der Waals surface area contributed by atoms with E-state index in [4.69, 9.17) is 0 Å². The number of rotatable bonds is 3. The minimum Gasteiger partial charge on any atom is -0.340 e. The number of carbonyl (C=O) groups excluding carboxylic acids is 3. The summed E-state index contributed by atoms with van der Waals surface area (Å²) in [6.45, 7) is 2.98. The summed E-state index contributed by atoms with van der Waals surface area (Å²) >= 11 is 1.63. The number of hydrogen-bond donors (Lipinski definition) is 0. The van der Waals surface area contributed by atoms with E-state index in [-0.39, 0.29) is 23.6 Å². The van der Waals surface area contributed by atoms with Crippen molar-refractivity contribution in [2.75, 3.05) is 24.7 Å². The molecule has 0 aliphatic carbocycles. The van der Waals surface area contributed by atoms with E-state index in [0.29, 0.717) is 44.0 Å². The molecule has 2 rings (SSSR count). The number of thioether (sulfide) groups is 1. The van der Waals surface area contributed by atoms with Crippen LogP contribution in [0.1, 0.15) is 32.6 Å². The Balaban J connectivity index is 1.97. The quantitative estimate of drug-likeness (QED) is 0.772. The molecule has 0 aromatic heterocycles. The molecule has 0 radical (unpaired) electrons. The Hall–Kier alpha value is -1.04. The fourth-order valence-corrected chi connectivity index (χ4v) is 3.61. The zero-order valence-corrected chi connectivity index (χ0v) is 12.1. The van der Waals surface area contributed by atoms with Gasteiger partial charge < -0.3 is 9.80 Å². The van der Waals surface area contributed by atoms with Crippen LogP contribution in [0.2, 0.25) is 0 Å². The maximum absolute atomic E-state index is 12.4. The summed E-state index contributed by atoms with van der Waals surface area (Å²) in [6.07, 6.45) is 2.21. The van der Waals surface area contributed by atoms with E-state index in [1.807, 2.05) is 6.92 Å². The summed E-state index contributed by atoms with van der Waals surface area (Å²) in [7, 11) is 0. The van der Waals surface area contributed by atoms with Gasteiger partial charge in [-0.1, -0.05) is 6.92 Å². The van der Waals surface area contributed by atoms with Crippen LogP contribution in [-0.2, 0) is 14.4 Å². The standard InChI is InChI=1S/C13H20N2O3S/c1-2-3-12(17)15-9-19-8-11(15)13(18)14-6-4-10(16)5-7-14/h11H,2-9H2,1H3. The number of Topliss-reactive ketones (excluding diaryl/α,β-unsaturated/α-hetero) is 1. The van der Waals surface area contributed by atoms with Gasteiger partial charge in [0.1, 0.15) is 11.8 Å². The largest absolute Gasteiger partial charge is 0.340 e. The van der Waals surface area contributed by atoms with Crippen LogP contribution in [0.25, 0.3) is 0 Å². The van der Waals surface area contributed by atoms with Gasteiger partial charge in [-0.05, 0) is 6.42 Å². The molecule has 0 N–H and O–H groups in total. The van der Waals surface area contributed by atoms with Crippen LogP contribution in [0.3, 0.4) is 0 Å². The van der Waals surface area contributed by atoms with E-state index < -0.39 is 0 Å². The van der Waals surface area contributed by atoms with Crippen LogP contribution in [0.4, 0.5) is 0 Å². The number of piperidine rings is 1. The Morgan fingerprint density at radius 3 is 2.63 bits per heavy atom. The lowest BCUT2D eigenvalue weighted by molar-refractivity contribution is -0.145. The second kappa shape index (κ2) is 6.41. The lowest BCUT2D eigenvalue weighted by atomic mass is 10.1. The normalized spacial score (nSPS) is 23.8. The predicted molar refractivity (Wildman–Crippen MR) is 73.7 cm³/mol. The van der Waals surface area contributed by atoms with Crippen LogP contribution < -0.4 is 0 Å². The molecule has 0 aromatic rings. The Morgan fingerprint density at radius 2 is 2.00 bits per heavy atom. The maximum Gasteiger partial charge on any atom is 0.246 e. The maximum atomic E-state index is 12.4. The van der Waals surface area contributed by atoms with Crippen molar-refractivity contribution in [1.29, 1.82) is 0 Å². The fraction of sp³-hybridized carbons (Fsp3) is 0.769. The van der Waals surface area contributed by atoms with E-state index in [0.717, 1.165) is 6.42 Å². The van der Waals surface area contributed by atoms with Gasteiger partial charge in [-0.3, -0.25) is 14.4 Å². The zero-order chi connectivity index (χ0) is 13.8. The minimum atomic E-state index is -0.322. The molecular formula is C13H20N2O3S. The van der Waals surface area contributed by atoms with E-state index in [1.54, 1.807) is 21.6 Å². The third-order valence-electron chi connectivity index (χ3n) is 3.58. The average Bonchev–Trinajstić information content (AvgIpc) is 2.88. The van der Waals surface area contributed by atoms with E-state index in [2.05, 4.69) is 0 Å². The molecule has 2 heterocycles. The van der Waals surface area contributed by atoms with Crippen molar-refractivity contribution in [2.24, 2.45) is 0 Å². The van der Waals surface area contributed by atoms with Crippen molar-refractivity contribution in [3.8, 4) is 0 Å². The van der Waals surface area contributed by atoms with E-state index in [1.165, 1.54) is 0 Å². The van der Waals surface area contributed by atoms with Crippen molar-refractivity contribution < 1.29 is 14.4 Å². The summed E-state index contributed by atoms with van der Waals surface area (Å²) < 4.78 is 0. The number of nitrogens with zero attached hydrogens (tertiary/aromatic N) is 2. The Kier molecular flexibility index (Phi) is 4.85. The van der Waals surface area contributed by atoms with Crippen molar-refractivity contribution >= 4 is 29.4 Å². The molecule has 2 fully saturated rings. The van der Waals surface area contributed by atoms with Crippen LogP contribution >= 0.6 is 11.8 Å². The molecule has 0 aromatic carbocycles. The Labute approximate surface area is 117 Å². The first-order chi connectivity index (χ1) is 9.13. The molecule has 0 spiro atoms. The highest BCUT2D eigenvalue weighted by Gasteiger charge is 2.37. The van der Waals surface area contributed by atoms with Gasteiger partial charge >= 0.3 is 0 Å². The third kappa shape index (κ3) is 3.29. The molecule has 0 saturated carbocycles. The van der Waals surface area contributed by atoms with Gasteiger partial charge in [0.15, 0.2) is 0 Å². The van der Waals surface area contributed by atoms with Gasteiger partial charge in [-0.15, -0.1) is 11.8 Å². The molecular weight excluding hydrogens is 264 g/mol. The minimum absolute atomic E-state index is 0.0157. The van der Waals surface area contributed by atoms with Gasteiger partial charge in [0.25, 0.3) is 0 Å². The van der Waals surface area contributed by atoms with Gasteiger partial charge in [-0.25, -0.2) is 0 Å². The van der Waals surface area contributed by atoms with Gasteiger partial charge in [0.05, 0.1) is 5.88 Å². The number of likely N-dealkylation sites (tertiary alicyclic amines) is 1. The SMILES string of the molecule is CCCC(=O)N1CSCC1C(=O)N1CCC(=O)CC1. The highest BCUT2D eigenvalue weighted by molar-refractivity contribution is 7.99. The molecule has 106 valence electrons. The Morgan fingerprint density at radius 1 is 1.32 bits per heavy atom. The molecule has 5 nitrogen and oxygen atoms in total. The molecule has 2 amide bonds. The molecule has 0 bridgehead atoms. The topological polar surface area (TPSA) is 57.7 Å². The summed E-state index contributed by atoms with van der Waals surface area (Å²) in [6, 6.07) is -0.322. The fourth-order valence-electron chi connectivity index (χ4n) is 2.44. The molecule has 1 atom stereocenters. The number of hydrogen-bond acceptors (Lipinski definition) is 4. The molecule has 6 heteroatoms. The second-order valence-electron chi connectivity index (χ2n) is 4.99. The number of amides is 2. The smallest absolute Gasteiger partial charge is 0.246 e. The lowest BCUT2D eigenvalue weighted by Gasteiger charge is -2.31. The highest BCUT2D eigenvalue weighted by atomic mass is 32.2. The van der Waals surface area contributed by atoms with Crippen molar-refractivity contribution in [3.05, 3.63) is 0 Å². The summed E-state index contributed by atoms with van der Waals surface area (Å²) in [4.78, 5) is 39.1. The summed E-state index contributed by atoms with van der Waals surface area (Å²) in [5.41, 5.74) is 0. The predicted octanol–water partition coefficient (Wildman–Crippen LogP) is 0.880. The Bertz CT molecular complexity index is 376. The first kappa shape index (κ1) is 14.4. The monoisotopic (exact) mass is 284 g/mol. The molecule has 19 heavy (non-hydrogen) atoms. The number of carbonyl (C=O) groups is 3. The van der Waals surface area contributed by atoms with Gasteiger partial charge in [-0.2, -0.15) is 0 Å². The first-order valence-electron chi connectivity index (χ1n) is 6.81. The van der Waals surface area contributed by atoms with Crippen LogP contribution in [0.15, 0.2) is 0 Å². The first-order valence-corrected chi connectivity index (χ1v) is 7.96. The molecule has 2 aliphatic heterocycles. The summed E-state index contributed by atoms with van der Waals surface area (Å²) in [5, 5.41) is 0. The van der Waals surface area contributed by atoms with Crippen LogP contribution in [0.5, 0.6) is 0 Å². The van der Waals surface area contributed by atoms with Crippen molar-refractivity contribution in [1.82, 2.24) is 9.80 Å².